The predicted molar refractivity (Wildman–Crippen MR) is 68.6 cm³/mol. The van der Waals surface area contributed by atoms with E-state index in [1.807, 2.05) is 0 Å². The van der Waals surface area contributed by atoms with Gasteiger partial charge in [0.05, 0.1) is 18.8 Å². The van der Waals surface area contributed by atoms with Crippen molar-refractivity contribution in [3.8, 4) is 0 Å². The number of hydrogen-bond donors (Lipinski definition) is 3. The van der Waals surface area contributed by atoms with Gasteiger partial charge in [0.15, 0.2) is 0 Å². The monoisotopic (exact) mass is 272 g/mol. The molecular weight excluding hydrogens is 256 g/mol. The fourth-order valence-electron chi connectivity index (χ4n) is 1.51. The van der Waals surface area contributed by atoms with Crippen molar-refractivity contribution < 1.29 is 15.0 Å². The summed E-state index contributed by atoms with van der Waals surface area (Å²) >= 11 is 5.78. The molecule has 1 amide bonds. The molecule has 0 saturated carbocycles. The largest absolute Gasteiger partial charge is 0.394 e. The van der Waals surface area contributed by atoms with Crippen molar-refractivity contribution in [2.45, 2.75) is 25.8 Å². The van der Waals surface area contributed by atoms with Crippen LogP contribution in [0.2, 0.25) is 5.15 Å². The average molecular weight is 273 g/mol. The third-order valence-corrected chi connectivity index (χ3v) is 3.04. The zero-order valence-corrected chi connectivity index (χ0v) is 11.2. The number of carbonyl (C=O) groups is 1. The van der Waals surface area contributed by atoms with Crippen LogP contribution in [0.4, 0.5) is 0 Å². The molecule has 0 aromatic carbocycles. The van der Waals surface area contributed by atoms with E-state index in [9.17, 15) is 15.0 Å². The third-order valence-electron chi connectivity index (χ3n) is 2.85. The second-order valence-corrected chi connectivity index (χ2v) is 4.61. The number of nitrogens with zero attached hydrogens (tertiary/aromatic N) is 1. The fourth-order valence-corrected chi connectivity index (χ4v) is 1.76. The minimum Gasteiger partial charge on any atom is -0.394 e. The highest BCUT2D eigenvalue weighted by Crippen LogP contribution is 2.13. The van der Waals surface area contributed by atoms with Crippen LogP contribution in [0.3, 0.4) is 0 Å². The van der Waals surface area contributed by atoms with E-state index in [0.717, 1.165) is 0 Å². The standard InChI is InChI=1S/C12H17ClN2O3/c1-3-12(6-16,7-17)15-11(18)9-4-8(2)14-10(13)5-9/h4-5,16-17H,3,6-7H2,1-2H3,(H,15,18). The molecule has 0 spiro atoms. The first-order valence-electron chi connectivity index (χ1n) is 5.65. The van der Waals surface area contributed by atoms with Crippen LogP contribution >= 0.6 is 11.6 Å². The first kappa shape index (κ1) is 14.9. The number of carbonyl (C=O) groups excluding carboxylic acids is 1. The molecule has 1 rings (SSSR count). The number of aryl methyl sites for hydroxylation is 1. The highest BCUT2D eigenvalue weighted by Gasteiger charge is 2.29. The van der Waals surface area contributed by atoms with E-state index in [-0.39, 0.29) is 18.4 Å². The Bertz CT molecular complexity index is 405. The summed E-state index contributed by atoms with van der Waals surface area (Å²) in [5.41, 5.74) is -0.0317. The number of halogens is 1. The Kier molecular flexibility index (Phi) is 5.07. The van der Waals surface area contributed by atoms with Crippen LogP contribution in [0.15, 0.2) is 12.1 Å². The summed E-state index contributed by atoms with van der Waals surface area (Å²) in [6.07, 6.45) is 0.420. The molecule has 0 aliphatic heterocycles. The lowest BCUT2D eigenvalue weighted by Crippen LogP contribution is -2.53. The Balaban J connectivity index is 2.94. The fraction of sp³-hybridized carbons (Fsp3) is 0.500. The first-order valence-corrected chi connectivity index (χ1v) is 6.02. The molecule has 0 fully saturated rings. The minimum atomic E-state index is -1.01. The zero-order chi connectivity index (χ0) is 13.8. The van der Waals surface area contributed by atoms with Crippen molar-refractivity contribution >= 4 is 17.5 Å². The van der Waals surface area contributed by atoms with Crippen LogP contribution in [0.5, 0.6) is 0 Å². The van der Waals surface area contributed by atoms with E-state index < -0.39 is 11.4 Å². The highest BCUT2D eigenvalue weighted by molar-refractivity contribution is 6.29. The van der Waals surface area contributed by atoms with Crippen LogP contribution in [-0.2, 0) is 0 Å². The van der Waals surface area contributed by atoms with Crippen LogP contribution < -0.4 is 5.32 Å². The van der Waals surface area contributed by atoms with Gasteiger partial charge >= 0.3 is 0 Å². The summed E-state index contributed by atoms with van der Waals surface area (Å²) in [6, 6.07) is 3.04. The molecule has 1 aromatic heterocycles. The number of aliphatic hydroxyl groups is 2. The Morgan fingerprint density at radius 3 is 2.50 bits per heavy atom. The highest BCUT2D eigenvalue weighted by atomic mass is 35.5. The maximum atomic E-state index is 12.0. The molecular formula is C12H17ClN2O3. The van der Waals surface area contributed by atoms with Gasteiger partial charge in [0.1, 0.15) is 5.15 Å². The van der Waals surface area contributed by atoms with Crippen LogP contribution in [-0.4, -0.2) is 39.9 Å². The molecule has 18 heavy (non-hydrogen) atoms. The van der Waals surface area contributed by atoms with E-state index in [1.54, 1.807) is 19.9 Å². The van der Waals surface area contributed by atoms with Gasteiger partial charge in [-0.1, -0.05) is 18.5 Å². The number of aromatic nitrogens is 1. The van der Waals surface area contributed by atoms with Gasteiger partial charge in [0.2, 0.25) is 0 Å². The molecule has 1 heterocycles. The van der Waals surface area contributed by atoms with Crippen molar-refractivity contribution in [1.82, 2.24) is 10.3 Å². The molecule has 0 aliphatic rings. The van der Waals surface area contributed by atoms with Crippen molar-refractivity contribution in [2.24, 2.45) is 0 Å². The SMILES string of the molecule is CCC(CO)(CO)NC(=O)c1cc(C)nc(Cl)c1. The minimum absolute atomic E-state index is 0.232. The third kappa shape index (κ3) is 3.41. The lowest BCUT2D eigenvalue weighted by atomic mass is 9.98. The van der Waals surface area contributed by atoms with Crippen LogP contribution in [0, 0.1) is 6.92 Å². The Morgan fingerprint density at radius 2 is 2.06 bits per heavy atom. The number of nitrogens with one attached hydrogen (secondary N) is 1. The summed E-state index contributed by atoms with van der Waals surface area (Å²) in [7, 11) is 0. The van der Waals surface area contributed by atoms with E-state index in [0.29, 0.717) is 17.7 Å². The van der Waals surface area contributed by atoms with Crippen molar-refractivity contribution in [3.05, 3.63) is 28.5 Å². The summed E-state index contributed by atoms with van der Waals surface area (Å²) in [5, 5.41) is 21.4. The lowest BCUT2D eigenvalue weighted by Gasteiger charge is -2.29. The number of amides is 1. The predicted octanol–water partition coefficient (Wildman–Crippen LogP) is 0.907. The Labute approximate surface area is 111 Å². The van der Waals surface area contributed by atoms with Gasteiger partial charge in [-0.25, -0.2) is 4.98 Å². The lowest BCUT2D eigenvalue weighted by molar-refractivity contribution is 0.0653. The maximum absolute atomic E-state index is 12.0. The maximum Gasteiger partial charge on any atom is 0.252 e. The normalized spacial score (nSPS) is 11.4. The summed E-state index contributed by atoms with van der Waals surface area (Å²) in [6.45, 7) is 2.85. The summed E-state index contributed by atoms with van der Waals surface area (Å²) < 4.78 is 0. The Morgan fingerprint density at radius 1 is 1.44 bits per heavy atom. The number of hydrogen-bond acceptors (Lipinski definition) is 4. The second-order valence-electron chi connectivity index (χ2n) is 4.22. The average Bonchev–Trinajstić information content (AvgIpc) is 2.35. The first-order chi connectivity index (χ1) is 8.46. The van der Waals surface area contributed by atoms with E-state index in [1.165, 1.54) is 6.07 Å². The van der Waals surface area contributed by atoms with Gasteiger partial charge in [-0.3, -0.25) is 4.79 Å². The van der Waals surface area contributed by atoms with Crippen molar-refractivity contribution in [1.29, 1.82) is 0 Å². The molecule has 100 valence electrons. The molecule has 0 radical (unpaired) electrons. The van der Waals surface area contributed by atoms with Crippen LogP contribution in [0.1, 0.15) is 29.4 Å². The molecule has 5 nitrogen and oxygen atoms in total. The summed E-state index contributed by atoms with van der Waals surface area (Å²) in [4.78, 5) is 16.0. The molecule has 0 unspecified atom stereocenters. The quantitative estimate of drug-likeness (QED) is 0.696. The molecule has 3 N–H and O–H groups in total. The smallest absolute Gasteiger partial charge is 0.252 e. The van der Waals surface area contributed by atoms with E-state index in [4.69, 9.17) is 11.6 Å². The molecule has 0 atom stereocenters. The van der Waals surface area contributed by atoms with E-state index >= 15 is 0 Å². The summed E-state index contributed by atoms with van der Waals surface area (Å²) in [5.74, 6) is -0.396. The van der Waals surface area contributed by atoms with Crippen molar-refractivity contribution in [3.63, 3.8) is 0 Å². The molecule has 6 heteroatoms. The van der Waals surface area contributed by atoms with Gasteiger partial charge in [0.25, 0.3) is 5.91 Å². The number of rotatable bonds is 5. The van der Waals surface area contributed by atoms with Gasteiger partial charge in [-0.15, -0.1) is 0 Å². The van der Waals surface area contributed by atoms with Gasteiger partial charge in [-0.2, -0.15) is 0 Å². The molecule has 1 aromatic rings. The second kappa shape index (κ2) is 6.13. The molecule has 0 saturated heterocycles. The topological polar surface area (TPSA) is 82.5 Å². The number of aliphatic hydroxyl groups excluding tert-OH is 2. The van der Waals surface area contributed by atoms with Crippen molar-refractivity contribution in [2.75, 3.05) is 13.2 Å². The van der Waals surface area contributed by atoms with Gasteiger partial charge < -0.3 is 15.5 Å². The van der Waals surface area contributed by atoms with Gasteiger partial charge in [-0.05, 0) is 25.5 Å². The van der Waals surface area contributed by atoms with Gasteiger partial charge in [0, 0.05) is 11.3 Å². The van der Waals surface area contributed by atoms with Crippen LogP contribution in [0.25, 0.3) is 0 Å². The number of pyridine rings is 1. The molecule has 0 bridgehead atoms. The molecule has 0 aliphatic carbocycles. The zero-order valence-electron chi connectivity index (χ0n) is 10.4. The Hall–Kier alpha value is -1.17. The van der Waals surface area contributed by atoms with E-state index in [2.05, 4.69) is 10.3 Å².